The van der Waals surface area contributed by atoms with Gasteiger partial charge < -0.3 is 4.74 Å². The number of imide groups is 1. The van der Waals surface area contributed by atoms with Gasteiger partial charge in [-0.05, 0) is 54.8 Å². The molecule has 0 fully saturated rings. The number of ether oxygens (including phenoxy) is 1. The van der Waals surface area contributed by atoms with Gasteiger partial charge >= 0.3 is 0 Å². The first-order chi connectivity index (χ1) is 13.4. The third-order valence-electron chi connectivity index (χ3n) is 4.39. The van der Waals surface area contributed by atoms with Crippen molar-refractivity contribution in [2.45, 2.75) is 11.8 Å². The highest BCUT2D eigenvalue weighted by Crippen LogP contribution is 2.30. The second-order valence-electron chi connectivity index (χ2n) is 6.22. The van der Waals surface area contributed by atoms with E-state index in [0.717, 1.165) is 0 Å². The number of carbonyl (C=O) groups is 2. The van der Waals surface area contributed by atoms with Crippen molar-refractivity contribution in [1.82, 2.24) is 5.32 Å². The molecular formula is C20H16N2O5S. The molecule has 28 heavy (non-hydrogen) atoms. The Morgan fingerprint density at radius 3 is 2.39 bits per heavy atom. The highest BCUT2D eigenvalue weighted by atomic mass is 32.2. The average Bonchev–Trinajstić information content (AvgIpc) is 2.67. The van der Waals surface area contributed by atoms with Crippen LogP contribution in [-0.2, 0) is 10.0 Å². The summed E-state index contributed by atoms with van der Waals surface area (Å²) in [5.41, 5.74) is 0.862. The fraction of sp³-hybridized carbons (Fsp3) is 0.100. The number of amides is 2. The number of anilines is 1. The van der Waals surface area contributed by atoms with Crippen molar-refractivity contribution in [2.75, 3.05) is 11.3 Å². The molecule has 0 saturated carbocycles. The van der Waals surface area contributed by atoms with Crippen LogP contribution in [0.15, 0.2) is 59.5 Å². The minimum Gasteiger partial charge on any atom is -0.494 e. The van der Waals surface area contributed by atoms with E-state index in [9.17, 15) is 18.0 Å². The summed E-state index contributed by atoms with van der Waals surface area (Å²) in [6, 6.07) is 14.2. The Bertz CT molecular complexity index is 1220. The van der Waals surface area contributed by atoms with Crippen molar-refractivity contribution in [1.29, 1.82) is 0 Å². The van der Waals surface area contributed by atoms with Crippen molar-refractivity contribution in [3.63, 3.8) is 0 Å². The van der Waals surface area contributed by atoms with Crippen LogP contribution in [0.2, 0.25) is 0 Å². The molecule has 3 aromatic carbocycles. The van der Waals surface area contributed by atoms with Crippen LogP contribution in [0.4, 0.5) is 5.69 Å². The van der Waals surface area contributed by atoms with Crippen LogP contribution < -0.4 is 14.8 Å². The second kappa shape index (κ2) is 6.65. The minimum absolute atomic E-state index is 0.0643. The average molecular weight is 396 g/mol. The van der Waals surface area contributed by atoms with Crippen LogP contribution in [0.3, 0.4) is 0 Å². The molecule has 0 saturated heterocycles. The predicted molar refractivity (Wildman–Crippen MR) is 104 cm³/mol. The monoisotopic (exact) mass is 396 g/mol. The Morgan fingerprint density at radius 1 is 0.964 bits per heavy atom. The molecule has 0 aliphatic carbocycles. The first-order valence-corrected chi connectivity index (χ1v) is 10.1. The first kappa shape index (κ1) is 18.0. The number of carbonyl (C=O) groups excluding carboxylic acids is 2. The normalized spacial score (nSPS) is 13.3. The molecule has 2 N–H and O–H groups in total. The van der Waals surface area contributed by atoms with Crippen LogP contribution in [0.1, 0.15) is 27.6 Å². The van der Waals surface area contributed by atoms with Gasteiger partial charge in [-0.25, -0.2) is 8.42 Å². The van der Waals surface area contributed by atoms with Gasteiger partial charge in [0.2, 0.25) is 0 Å². The first-order valence-electron chi connectivity index (χ1n) is 8.57. The predicted octanol–water partition coefficient (Wildman–Crippen LogP) is 2.92. The molecule has 1 aliphatic rings. The van der Waals surface area contributed by atoms with Crippen molar-refractivity contribution < 1.29 is 22.7 Å². The molecule has 0 unspecified atom stereocenters. The van der Waals surface area contributed by atoms with Crippen LogP contribution in [-0.4, -0.2) is 26.8 Å². The van der Waals surface area contributed by atoms with Crippen molar-refractivity contribution >= 4 is 38.3 Å². The van der Waals surface area contributed by atoms with Gasteiger partial charge in [-0.3, -0.25) is 19.6 Å². The molecule has 8 heteroatoms. The topological polar surface area (TPSA) is 102 Å². The number of rotatable bonds is 5. The van der Waals surface area contributed by atoms with Crippen molar-refractivity contribution in [2.24, 2.45) is 0 Å². The van der Waals surface area contributed by atoms with Gasteiger partial charge in [0.25, 0.3) is 21.8 Å². The summed E-state index contributed by atoms with van der Waals surface area (Å²) >= 11 is 0. The van der Waals surface area contributed by atoms with Crippen molar-refractivity contribution in [3.8, 4) is 5.75 Å². The molecule has 0 aromatic heterocycles. The molecule has 1 heterocycles. The number of benzene rings is 3. The van der Waals surface area contributed by atoms with E-state index in [-0.39, 0.29) is 10.5 Å². The Morgan fingerprint density at radius 2 is 1.68 bits per heavy atom. The molecule has 1 aliphatic heterocycles. The van der Waals surface area contributed by atoms with Crippen LogP contribution in [0.5, 0.6) is 5.75 Å². The number of hydrogen-bond donors (Lipinski definition) is 2. The smallest absolute Gasteiger partial charge is 0.261 e. The molecule has 4 rings (SSSR count). The fourth-order valence-corrected chi connectivity index (χ4v) is 4.28. The molecular weight excluding hydrogens is 380 g/mol. The Hall–Kier alpha value is -3.39. The minimum atomic E-state index is -3.94. The van der Waals surface area contributed by atoms with Gasteiger partial charge in [-0.15, -0.1) is 0 Å². The highest BCUT2D eigenvalue weighted by Gasteiger charge is 2.27. The summed E-state index contributed by atoms with van der Waals surface area (Å²) in [6.45, 7) is 2.37. The summed E-state index contributed by atoms with van der Waals surface area (Å²) < 4.78 is 33.6. The molecule has 0 radical (unpaired) electrons. The van der Waals surface area contributed by atoms with E-state index in [4.69, 9.17) is 4.74 Å². The Labute approximate surface area is 161 Å². The maximum atomic E-state index is 12.9. The molecule has 2 amide bonds. The van der Waals surface area contributed by atoms with E-state index in [1.165, 1.54) is 12.1 Å². The van der Waals surface area contributed by atoms with E-state index >= 15 is 0 Å². The lowest BCUT2D eigenvalue weighted by Crippen LogP contribution is -2.34. The Balaban J connectivity index is 1.76. The van der Waals surface area contributed by atoms with E-state index in [1.807, 2.05) is 6.92 Å². The van der Waals surface area contributed by atoms with Gasteiger partial charge in [0.15, 0.2) is 0 Å². The van der Waals surface area contributed by atoms with Gasteiger partial charge in [-0.2, -0.15) is 0 Å². The maximum Gasteiger partial charge on any atom is 0.261 e. The van der Waals surface area contributed by atoms with Gasteiger partial charge in [-0.1, -0.05) is 12.1 Å². The fourth-order valence-electron chi connectivity index (χ4n) is 3.16. The summed E-state index contributed by atoms with van der Waals surface area (Å²) in [7, 11) is -3.94. The number of nitrogens with one attached hydrogen (secondary N) is 2. The zero-order valence-corrected chi connectivity index (χ0v) is 15.7. The second-order valence-corrected chi connectivity index (χ2v) is 7.90. The Kier molecular flexibility index (Phi) is 4.27. The number of sulfonamides is 1. The van der Waals surface area contributed by atoms with Gasteiger partial charge in [0.05, 0.1) is 11.5 Å². The molecule has 142 valence electrons. The largest absolute Gasteiger partial charge is 0.494 e. The lowest BCUT2D eigenvalue weighted by molar-refractivity contribution is 0.0845. The molecule has 0 atom stereocenters. The highest BCUT2D eigenvalue weighted by molar-refractivity contribution is 7.92. The molecule has 7 nitrogen and oxygen atoms in total. The van der Waals surface area contributed by atoms with E-state index in [2.05, 4.69) is 10.0 Å². The summed E-state index contributed by atoms with van der Waals surface area (Å²) in [4.78, 5) is 24.2. The van der Waals surface area contributed by atoms with Crippen LogP contribution in [0, 0.1) is 0 Å². The number of hydrogen-bond acceptors (Lipinski definition) is 5. The lowest BCUT2D eigenvalue weighted by Gasteiger charge is -2.18. The van der Waals surface area contributed by atoms with E-state index in [0.29, 0.717) is 34.4 Å². The summed E-state index contributed by atoms with van der Waals surface area (Å²) in [5, 5.41) is 3.19. The van der Waals surface area contributed by atoms with Crippen LogP contribution in [0.25, 0.3) is 10.8 Å². The zero-order chi connectivity index (χ0) is 19.9. The van der Waals surface area contributed by atoms with E-state index in [1.54, 1.807) is 42.5 Å². The van der Waals surface area contributed by atoms with Crippen molar-refractivity contribution in [3.05, 3.63) is 65.7 Å². The van der Waals surface area contributed by atoms with Gasteiger partial charge in [0.1, 0.15) is 5.75 Å². The lowest BCUT2D eigenvalue weighted by atomic mass is 9.95. The quantitative estimate of drug-likeness (QED) is 0.646. The van der Waals surface area contributed by atoms with Gasteiger partial charge in [0, 0.05) is 22.2 Å². The summed E-state index contributed by atoms with van der Waals surface area (Å²) in [5.74, 6) is -0.479. The van der Waals surface area contributed by atoms with Crippen LogP contribution >= 0.6 is 0 Å². The SMILES string of the molecule is CCOc1ccc(NS(=O)(=O)c2cc3c4c(cccc4c2)C(=O)NC3=O)cc1. The zero-order valence-electron chi connectivity index (χ0n) is 14.9. The molecule has 3 aromatic rings. The maximum absolute atomic E-state index is 12.9. The third kappa shape index (κ3) is 3.07. The summed E-state index contributed by atoms with van der Waals surface area (Å²) in [6.07, 6.45) is 0. The van der Waals surface area contributed by atoms with E-state index < -0.39 is 21.8 Å². The molecule has 0 bridgehead atoms. The standard InChI is InChI=1S/C20H16N2O5S/c1-2-27-14-8-6-13(7-9-14)22-28(25,26)15-10-12-4-3-5-16-18(12)17(11-15)20(24)21-19(16)23/h3-11,22H,2H2,1H3,(H,21,23,24). The molecule has 0 spiro atoms. The third-order valence-corrected chi connectivity index (χ3v) is 5.76.